The summed E-state index contributed by atoms with van der Waals surface area (Å²) >= 11 is 7.66. The van der Waals surface area contributed by atoms with Crippen LogP contribution in [0.4, 0.5) is 0 Å². The van der Waals surface area contributed by atoms with E-state index in [0.717, 1.165) is 5.56 Å². The first kappa shape index (κ1) is 28.8. The number of thiophene rings is 1. The molecule has 218 valence electrons. The van der Waals surface area contributed by atoms with Crippen LogP contribution in [0.15, 0.2) is 71.0 Å². The lowest BCUT2D eigenvalue weighted by Gasteiger charge is -2.16. The molecule has 0 saturated heterocycles. The number of hydrogen-bond donors (Lipinski definition) is 1. The van der Waals surface area contributed by atoms with Gasteiger partial charge in [0.15, 0.2) is 0 Å². The lowest BCUT2D eigenvalue weighted by atomic mass is 10.0. The summed E-state index contributed by atoms with van der Waals surface area (Å²) in [4.78, 5) is 38.7. The fraction of sp³-hybridized carbons (Fsp3) is 0.125. The third-order valence-electron chi connectivity index (χ3n) is 6.91. The van der Waals surface area contributed by atoms with Crippen LogP contribution in [0.5, 0.6) is 17.4 Å². The molecule has 0 aliphatic heterocycles. The molecule has 10 nitrogen and oxygen atoms in total. The summed E-state index contributed by atoms with van der Waals surface area (Å²) in [6, 6.07) is 18.0. The number of carboxylic acid groups (broad SMARTS) is 1. The van der Waals surface area contributed by atoms with Crippen LogP contribution >= 0.6 is 22.9 Å². The molecule has 1 N–H and O–H groups in total. The quantitative estimate of drug-likeness (QED) is 0.194. The number of nitrogens with zero attached hydrogens (tertiary/aromatic N) is 5. The van der Waals surface area contributed by atoms with Gasteiger partial charge in [-0.1, -0.05) is 29.8 Å². The third kappa shape index (κ3) is 5.32. The Kier molecular flexibility index (Phi) is 7.69. The highest BCUT2D eigenvalue weighted by molar-refractivity contribution is 7.18. The maximum absolute atomic E-state index is 13.7. The van der Waals surface area contributed by atoms with Gasteiger partial charge in [-0.25, -0.2) is 14.8 Å². The molecule has 0 aliphatic rings. The van der Waals surface area contributed by atoms with Gasteiger partial charge in [0.05, 0.1) is 39.4 Å². The van der Waals surface area contributed by atoms with Gasteiger partial charge in [-0.2, -0.15) is 5.26 Å². The highest BCUT2D eigenvalue weighted by Gasteiger charge is 2.21. The first-order chi connectivity index (χ1) is 21.2. The number of ether oxygens (including phenoxy) is 2. The molecule has 0 fully saturated rings. The molecule has 0 spiro atoms. The van der Waals surface area contributed by atoms with Gasteiger partial charge in [-0.15, -0.1) is 11.3 Å². The Hall–Kier alpha value is -5.31. The summed E-state index contributed by atoms with van der Waals surface area (Å²) in [5.41, 5.74) is 2.42. The molecule has 6 aromatic rings. The second-order valence-corrected chi connectivity index (χ2v) is 11.1. The fourth-order valence-electron chi connectivity index (χ4n) is 4.92. The number of aromatic nitrogens is 4. The van der Waals surface area contributed by atoms with E-state index in [4.69, 9.17) is 21.1 Å². The van der Waals surface area contributed by atoms with E-state index in [2.05, 4.69) is 21.0 Å². The molecule has 0 atom stereocenters. The zero-order valence-corrected chi connectivity index (χ0v) is 24.9. The standard InChI is InChI=1S/C32H22ClN5O5S/c1-17-12-22(29-28(36-17)24(16-44-29)32(40)41)21-13-19(33)8-9-26(21)42-11-10-38-18(2)37-25-15-35-30(23(14-34)27(25)31(38)39)43-20-6-4-3-5-7-20/h3-9,12-13,15-16H,10-11H2,1-2H3,(H,40,41). The van der Waals surface area contributed by atoms with E-state index in [0.29, 0.717) is 43.8 Å². The number of hydrogen-bond acceptors (Lipinski definition) is 9. The summed E-state index contributed by atoms with van der Waals surface area (Å²) in [5.74, 6) is 0.359. The topological polar surface area (TPSA) is 140 Å². The van der Waals surface area contributed by atoms with Crippen molar-refractivity contribution in [1.82, 2.24) is 19.5 Å². The average molecular weight is 624 g/mol. The maximum Gasteiger partial charge on any atom is 0.338 e. The molecule has 4 heterocycles. The van der Waals surface area contributed by atoms with Gasteiger partial charge >= 0.3 is 5.97 Å². The molecule has 6 rings (SSSR count). The minimum atomic E-state index is -1.05. The van der Waals surface area contributed by atoms with Crippen LogP contribution in [-0.2, 0) is 6.54 Å². The molecule has 4 aromatic heterocycles. The van der Waals surface area contributed by atoms with Gasteiger partial charge in [0.25, 0.3) is 5.56 Å². The lowest BCUT2D eigenvalue weighted by molar-refractivity contribution is 0.0699. The van der Waals surface area contributed by atoms with Crippen molar-refractivity contribution in [3.05, 3.63) is 104 Å². The number of nitriles is 1. The van der Waals surface area contributed by atoms with E-state index in [1.165, 1.54) is 22.1 Å². The highest BCUT2D eigenvalue weighted by atomic mass is 35.5. The molecule has 0 amide bonds. The number of aromatic carboxylic acids is 1. The van der Waals surface area contributed by atoms with Crippen molar-refractivity contribution in [3.63, 3.8) is 0 Å². The zero-order valence-electron chi connectivity index (χ0n) is 23.4. The van der Waals surface area contributed by atoms with E-state index < -0.39 is 11.5 Å². The van der Waals surface area contributed by atoms with Crippen LogP contribution < -0.4 is 15.0 Å². The Labute approximate surface area is 259 Å². The molecule has 0 bridgehead atoms. The van der Waals surface area contributed by atoms with Crippen LogP contribution in [0.2, 0.25) is 5.02 Å². The normalized spacial score (nSPS) is 11.0. The predicted molar refractivity (Wildman–Crippen MR) is 167 cm³/mol. The molecule has 2 aromatic carbocycles. The van der Waals surface area contributed by atoms with Crippen molar-refractivity contribution in [2.24, 2.45) is 0 Å². The average Bonchev–Trinajstić information content (AvgIpc) is 3.44. The molecule has 12 heteroatoms. The second kappa shape index (κ2) is 11.8. The number of pyridine rings is 2. The molecule has 0 aliphatic carbocycles. The lowest BCUT2D eigenvalue weighted by Crippen LogP contribution is -2.27. The number of halogens is 1. The van der Waals surface area contributed by atoms with Gasteiger partial charge in [0, 0.05) is 27.2 Å². The first-order valence-corrected chi connectivity index (χ1v) is 14.6. The largest absolute Gasteiger partial charge is 0.491 e. The highest BCUT2D eigenvalue weighted by Crippen LogP contribution is 2.40. The number of benzene rings is 2. The van der Waals surface area contributed by atoms with Crippen molar-refractivity contribution < 1.29 is 19.4 Å². The molecule has 0 unspecified atom stereocenters. The minimum Gasteiger partial charge on any atom is -0.491 e. The second-order valence-electron chi connectivity index (χ2n) is 9.77. The fourth-order valence-corrected chi connectivity index (χ4v) is 6.10. The third-order valence-corrected chi connectivity index (χ3v) is 8.15. The Morgan fingerprint density at radius 1 is 1.11 bits per heavy atom. The van der Waals surface area contributed by atoms with E-state index >= 15 is 0 Å². The van der Waals surface area contributed by atoms with Gasteiger partial charge in [-0.3, -0.25) is 14.3 Å². The number of carbonyl (C=O) groups is 1. The Morgan fingerprint density at radius 3 is 2.66 bits per heavy atom. The van der Waals surface area contributed by atoms with Crippen LogP contribution in [0, 0.1) is 25.2 Å². The van der Waals surface area contributed by atoms with Crippen molar-refractivity contribution in [1.29, 1.82) is 5.26 Å². The van der Waals surface area contributed by atoms with Crippen molar-refractivity contribution in [2.45, 2.75) is 20.4 Å². The molecule has 0 radical (unpaired) electrons. The SMILES string of the molecule is Cc1cc(-c2cc(Cl)ccc2OCCn2c(C)nc3cnc(Oc4ccccc4)c(C#N)c3c2=O)c2scc(C(=O)O)c2n1. The van der Waals surface area contributed by atoms with Crippen molar-refractivity contribution in [3.8, 4) is 34.6 Å². The molecule has 0 saturated carbocycles. The predicted octanol–water partition coefficient (Wildman–Crippen LogP) is 6.78. The first-order valence-electron chi connectivity index (χ1n) is 13.3. The van der Waals surface area contributed by atoms with Crippen LogP contribution in [0.3, 0.4) is 0 Å². The zero-order chi connectivity index (χ0) is 31.0. The number of aryl methyl sites for hydroxylation is 2. The van der Waals surface area contributed by atoms with E-state index in [1.54, 1.807) is 61.7 Å². The molecular weight excluding hydrogens is 602 g/mol. The van der Waals surface area contributed by atoms with Gasteiger partial charge in [-0.05, 0) is 50.2 Å². The van der Waals surface area contributed by atoms with Gasteiger partial charge in [0.2, 0.25) is 5.88 Å². The number of fused-ring (bicyclic) bond motifs is 2. The smallest absolute Gasteiger partial charge is 0.338 e. The van der Waals surface area contributed by atoms with E-state index in [9.17, 15) is 20.0 Å². The van der Waals surface area contributed by atoms with Gasteiger partial charge < -0.3 is 14.6 Å². The Balaban J connectivity index is 1.34. The minimum absolute atomic E-state index is 0.00717. The van der Waals surface area contributed by atoms with Crippen molar-refractivity contribution in [2.75, 3.05) is 6.61 Å². The summed E-state index contributed by atoms with van der Waals surface area (Å²) in [7, 11) is 0. The Bertz CT molecular complexity index is 2190. The summed E-state index contributed by atoms with van der Waals surface area (Å²) in [5, 5.41) is 21.8. The summed E-state index contributed by atoms with van der Waals surface area (Å²) in [6.07, 6.45) is 1.42. The monoisotopic (exact) mass is 623 g/mol. The van der Waals surface area contributed by atoms with E-state index in [-0.39, 0.29) is 41.1 Å². The Morgan fingerprint density at radius 2 is 1.91 bits per heavy atom. The maximum atomic E-state index is 13.7. The van der Waals surface area contributed by atoms with Gasteiger partial charge in [0.1, 0.15) is 35.6 Å². The number of carboxylic acids is 1. The van der Waals surface area contributed by atoms with Crippen LogP contribution in [0.25, 0.3) is 32.2 Å². The molecular formula is C32H22ClN5O5S. The van der Waals surface area contributed by atoms with Crippen LogP contribution in [0.1, 0.15) is 27.4 Å². The van der Waals surface area contributed by atoms with Crippen LogP contribution in [-0.4, -0.2) is 37.2 Å². The molecule has 44 heavy (non-hydrogen) atoms. The summed E-state index contributed by atoms with van der Waals surface area (Å²) in [6.45, 7) is 3.70. The summed E-state index contributed by atoms with van der Waals surface area (Å²) < 4.78 is 14.1. The number of para-hydroxylation sites is 1. The van der Waals surface area contributed by atoms with E-state index in [1.807, 2.05) is 12.1 Å². The van der Waals surface area contributed by atoms with Crippen molar-refractivity contribution >= 4 is 50.0 Å². The number of rotatable bonds is 8.